The number of amides is 3. The van der Waals surface area contributed by atoms with E-state index >= 15 is 0 Å². The molecule has 2 atom stereocenters. The summed E-state index contributed by atoms with van der Waals surface area (Å²) in [5.41, 5.74) is 2.77. The van der Waals surface area contributed by atoms with Crippen LogP contribution in [-0.4, -0.2) is 47.8 Å². The maximum absolute atomic E-state index is 12.7. The minimum atomic E-state index is -0.553. The van der Waals surface area contributed by atoms with Crippen LogP contribution in [0.2, 0.25) is 0 Å². The molecule has 7 nitrogen and oxygen atoms in total. The van der Waals surface area contributed by atoms with Crippen molar-refractivity contribution in [3.8, 4) is 0 Å². The predicted octanol–water partition coefficient (Wildman–Crippen LogP) is 0.289. The van der Waals surface area contributed by atoms with Crippen molar-refractivity contribution in [2.24, 2.45) is 0 Å². The Labute approximate surface area is 152 Å². The highest BCUT2D eigenvalue weighted by Gasteiger charge is 2.39. The first kappa shape index (κ1) is 17.2. The van der Waals surface area contributed by atoms with Gasteiger partial charge in [-0.3, -0.25) is 19.7 Å². The summed E-state index contributed by atoms with van der Waals surface area (Å²) in [7, 11) is 0. The van der Waals surface area contributed by atoms with Gasteiger partial charge in [-0.1, -0.05) is 12.1 Å². The van der Waals surface area contributed by atoms with Crippen molar-refractivity contribution in [1.29, 1.82) is 0 Å². The molecule has 0 radical (unpaired) electrons. The molecule has 3 heterocycles. The number of nitrogens with zero attached hydrogens (tertiary/aromatic N) is 1. The lowest BCUT2D eigenvalue weighted by atomic mass is 10.0. The number of rotatable bonds is 4. The molecule has 3 aliphatic rings. The van der Waals surface area contributed by atoms with Crippen LogP contribution in [0.3, 0.4) is 0 Å². The Morgan fingerprint density at radius 3 is 2.85 bits per heavy atom. The normalized spacial score (nSPS) is 26.0. The molecule has 138 valence electrons. The van der Waals surface area contributed by atoms with Crippen LogP contribution < -0.4 is 16.0 Å². The Bertz CT molecular complexity index is 742. The van der Waals surface area contributed by atoms with Gasteiger partial charge in [0.25, 0.3) is 5.91 Å². The van der Waals surface area contributed by atoms with E-state index in [1.54, 1.807) is 4.90 Å². The summed E-state index contributed by atoms with van der Waals surface area (Å²) < 4.78 is 0. The Balaban J connectivity index is 1.43. The van der Waals surface area contributed by atoms with E-state index in [9.17, 15) is 14.4 Å². The van der Waals surface area contributed by atoms with Gasteiger partial charge in [0.15, 0.2) is 0 Å². The van der Waals surface area contributed by atoms with Crippen molar-refractivity contribution < 1.29 is 14.4 Å². The average molecular weight is 356 g/mol. The number of benzene rings is 1. The molecular weight excluding hydrogens is 332 g/mol. The van der Waals surface area contributed by atoms with E-state index in [-0.39, 0.29) is 24.1 Å². The summed E-state index contributed by atoms with van der Waals surface area (Å²) in [6.07, 6.45) is 3.05. The Kier molecular flexibility index (Phi) is 4.74. The third-order valence-electron chi connectivity index (χ3n) is 5.48. The van der Waals surface area contributed by atoms with E-state index < -0.39 is 6.04 Å². The first-order chi connectivity index (χ1) is 12.6. The Morgan fingerprint density at radius 1 is 1.19 bits per heavy atom. The number of imide groups is 1. The zero-order valence-corrected chi connectivity index (χ0v) is 14.7. The fourth-order valence-corrected chi connectivity index (χ4v) is 4.03. The molecule has 2 fully saturated rings. The topological polar surface area (TPSA) is 90.5 Å². The average Bonchev–Trinajstić information content (AvgIpc) is 2.97. The number of carbonyl (C=O) groups is 3. The van der Waals surface area contributed by atoms with Crippen molar-refractivity contribution in [1.82, 2.24) is 20.9 Å². The van der Waals surface area contributed by atoms with E-state index in [0.29, 0.717) is 24.6 Å². The van der Waals surface area contributed by atoms with Crippen LogP contribution in [0, 0.1) is 0 Å². The summed E-state index contributed by atoms with van der Waals surface area (Å²) in [5, 5.41) is 9.29. The zero-order chi connectivity index (χ0) is 18.1. The van der Waals surface area contributed by atoms with Crippen LogP contribution >= 0.6 is 0 Å². The highest BCUT2D eigenvalue weighted by Crippen LogP contribution is 2.28. The standard InChI is InChI=1S/C19H24N4O3/c24-17-6-5-16(18(25)22-17)23-11-13-8-12(3-4-15(13)19(23)26)9-21-14-2-1-7-20-10-14/h3-4,8,14,16,20-21H,1-2,5-7,9-11H2,(H,22,24,25). The molecule has 1 aromatic carbocycles. The molecule has 0 spiro atoms. The molecule has 0 bridgehead atoms. The second-order valence-electron chi connectivity index (χ2n) is 7.32. The molecule has 4 rings (SSSR count). The van der Waals surface area contributed by atoms with Gasteiger partial charge >= 0.3 is 0 Å². The van der Waals surface area contributed by atoms with Gasteiger partial charge in [0.05, 0.1) is 0 Å². The summed E-state index contributed by atoms with van der Waals surface area (Å²) in [5.74, 6) is -0.749. The third-order valence-corrected chi connectivity index (χ3v) is 5.48. The van der Waals surface area contributed by atoms with Gasteiger partial charge in [0, 0.05) is 37.7 Å². The summed E-state index contributed by atoms with van der Waals surface area (Å²) in [6, 6.07) is 5.83. The number of nitrogens with one attached hydrogen (secondary N) is 3. The van der Waals surface area contributed by atoms with E-state index in [1.165, 1.54) is 12.8 Å². The monoisotopic (exact) mass is 356 g/mol. The van der Waals surface area contributed by atoms with Gasteiger partial charge < -0.3 is 15.5 Å². The molecule has 2 unspecified atom stereocenters. The first-order valence-electron chi connectivity index (χ1n) is 9.32. The molecule has 0 saturated carbocycles. The quantitative estimate of drug-likeness (QED) is 0.675. The smallest absolute Gasteiger partial charge is 0.255 e. The SMILES string of the molecule is O=C1CCC(N2Cc3cc(CNC4CCCNC4)ccc3C2=O)C(=O)N1. The fourth-order valence-electron chi connectivity index (χ4n) is 4.03. The Morgan fingerprint density at radius 2 is 2.08 bits per heavy atom. The van der Waals surface area contributed by atoms with Gasteiger partial charge in [0.1, 0.15) is 6.04 Å². The number of carbonyl (C=O) groups excluding carboxylic acids is 3. The molecule has 0 aliphatic carbocycles. The van der Waals surface area contributed by atoms with Gasteiger partial charge in [0.2, 0.25) is 11.8 Å². The van der Waals surface area contributed by atoms with Crippen LogP contribution in [0.25, 0.3) is 0 Å². The lowest BCUT2D eigenvalue weighted by Gasteiger charge is -2.29. The first-order valence-corrected chi connectivity index (χ1v) is 9.32. The zero-order valence-electron chi connectivity index (χ0n) is 14.7. The van der Waals surface area contributed by atoms with E-state index in [2.05, 4.69) is 22.0 Å². The van der Waals surface area contributed by atoms with Crippen LogP contribution in [0.5, 0.6) is 0 Å². The van der Waals surface area contributed by atoms with Gasteiger partial charge in [-0.05, 0) is 43.0 Å². The lowest BCUT2D eigenvalue weighted by Crippen LogP contribution is -2.52. The van der Waals surface area contributed by atoms with Crippen LogP contribution in [0.15, 0.2) is 18.2 Å². The van der Waals surface area contributed by atoms with Gasteiger partial charge in [-0.2, -0.15) is 0 Å². The maximum atomic E-state index is 12.7. The van der Waals surface area contributed by atoms with Crippen LogP contribution in [0.4, 0.5) is 0 Å². The second-order valence-corrected chi connectivity index (χ2v) is 7.32. The third kappa shape index (κ3) is 3.37. The van der Waals surface area contributed by atoms with Crippen molar-refractivity contribution in [2.45, 2.75) is 50.9 Å². The number of fused-ring (bicyclic) bond motifs is 1. The molecule has 7 heteroatoms. The van der Waals surface area contributed by atoms with E-state index in [4.69, 9.17) is 0 Å². The minimum Gasteiger partial charge on any atom is -0.322 e. The highest BCUT2D eigenvalue weighted by atomic mass is 16.2. The van der Waals surface area contributed by atoms with Crippen LogP contribution in [-0.2, 0) is 22.7 Å². The molecule has 1 aromatic rings. The van der Waals surface area contributed by atoms with Crippen molar-refractivity contribution in [2.75, 3.05) is 13.1 Å². The molecule has 26 heavy (non-hydrogen) atoms. The molecule has 2 saturated heterocycles. The van der Waals surface area contributed by atoms with Crippen molar-refractivity contribution >= 4 is 17.7 Å². The van der Waals surface area contributed by atoms with Crippen LogP contribution in [0.1, 0.15) is 47.2 Å². The number of hydrogen-bond acceptors (Lipinski definition) is 5. The molecule has 3 amide bonds. The largest absolute Gasteiger partial charge is 0.322 e. The predicted molar refractivity (Wildman–Crippen MR) is 95.2 cm³/mol. The molecule has 3 aliphatic heterocycles. The van der Waals surface area contributed by atoms with Crippen molar-refractivity contribution in [3.63, 3.8) is 0 Å². The van der Waals surface area contributed by atoms with Gasteiger partial charge in [-0.25, -0.2) is 0 Å². The summed E-state index contributed by atoms with van der Waals surface area (Å²) in [4.78, 5) is 37.7. The lowest BCUT2D eigenvalue weighted by molar-refractivity contribution is -0.136. The Hall–Kier alpha value is -2.25. The second kappa shape index (κ2) is 7.17. The van der Waals surface area contributed by atoms with Gasteiger partial charge in [-0.15, -0.1) is 0 Å². The fraction of sp³-hybridized carbons (Fsp3) is 0.526. The summed E-state index contributed by atoms with van der Waals surface area (Å²) >= 11 is 0. The summed E-state index contributed by atoms with van der Waals surface area (Å²) in [6.45, 7) is 3.29. The minimum absolute atomic E-state index is 0.120. The highest BCUT2D eigenvalue weighted by molar-refractivity contribution is 6.05. The molecule has 0 aromatic heterocycles. The number of piperidine rings is 2. The van der Waals surface area contributed by atoms with E-state index in [0.717, 1.165) is 30.8 Å². The van der Waals surface area contributed by atoms with Crippen molar-refractivity contribution in [3.05, 3.63) is 34.9 Å². The van der Waals surface area contributed by atoms with E-state index in [1.807, 2.05) is 12.1 Å². The number of hydrogen-bond donors (Lipinski definition) is 3. The maximum Gasteiger partial charge on any atom is 0.255 e. The molecule has 3 N–H and O–H groups in total. The molecular formula is C19H24N4O3.